The van der Waals surface area contributed by atoms with Crippen molar-refractivity contribution >= 4 is 34.4 Å². The first kappa shape index (κ1) is 19.5. The number of primary amides is 1. The largest absolute Gasteiger partial charge is 0.369 e. The molecule has 1 saturated heterocycles. The van der Waals surface area contributed by atoms with Crippen molar-refractivity contribution in [2.45, 2.75) is 25.7 Å². The quantitative estimate of drug-likeness (QED) is 0.706. The molecule has 1 aliphatic carbocycles. The van der Waals surface area contributed by atoms with Crippen molar-refractivity contribution in [2.24, 2.45) is 11.7 Å². The number of pyridine rings is 1. The van der Waals surface area contributed by atoms with E-state index in [0.29, 0.717) is 25.9 Å². The molecule has 5 heteroatoms. The molecule has 0 radical (unpaired) electrons. The first-order chi connectivity index (χ1) is 15.1. The summed E-state index contributed by atoms with van der Waals surface area (Å²) < 4.78 is 0. The summed E-state index contributed by atoms with van der Waals surface area (Å²) in [6.07, 6.45) is 5.12. The lowest BCUT2D eigenvalue weighted by molar-refractivity contribution is -0.123. The summed E-state index contributed by atoms with van der Waals surface area (Å²) in [5.41, 5.74) is 11.4. The molecule has 2 amide bonds. The minimum Gasteiger partial charge on any atom is -0.369 e. The fourth-order valence-electron chi connectivity index (χ4n) is 4.80. The SMILES string of the molecule is NC(=O)C1CCN(C(=O)c2c3c(nc4ccccc24)/C(=C/c2ccccc2)CC3)CC1. The van der Waals surface area contributed by atoms with E-state index in [1.54, 1.807) is 0 Å². The Kier molecular flexibility index (Phi) is 5.02. The number of fused-ring (bicyclic) bond motifs is 2. The number of rotatable bonds is 3. The number of carbonyl (C=O) groups excluding carboxylic acids is 2. The van der Waals surface area contributed by atoms with Crippen LogP contribution in [0.4, 0.5) is 0 Å². The van der Waals surface area contributed by atoms with Gasteiger partial charge in [-0.2, -0.15) is 0 Å². The molecule has 31 heavy (non-hydrogen) atoms. The number of nitrogens with zero attached hydrogens (tertiary/aromatic N) is 2. The number of benzene rings is 2. The molecule has 3 aromatic rings. The van der Waals surface area contributed by atoms with E-state index >= 15 is 0 Å². The molecule has 156 valence electrons. The predicted molar refractivity (Wildman–Crippen MR) is 122 cm³/mol. The molecule has 0 bridgehead atoms. The lowest BCUT2D eigenvalue weighted by Gasteiger charge is -2.31. The van der Waals surface area contributed by atoms with Gasteiger partial charge in [-0.1, -0.05) is 48.5 Å². The van der Waals surface area contributed by atoms with Crippen molar-refractivity contribution in [3.63, 3.8) is 0 Å². The molecule has 2 N–H and O–H groups in total. The zero-order valence-electron chi connectivity index (χ0n) is 17.4. The van der Waals surface area contributed by atoms with Crippen LogP contribution in [-0.4, -0.2) is 34.8 Å². The third-order valence-electron chi connectivity index (χ3n) is 6.48. The van der Waals surface area contributed by atoms with Gasteiger partial charge in [0.1, 0.15) is 0 Å². The molecule has 2 heterocycles. The normalized spacial score (nSPS) is 17.8. The van der Waals surface area contributed by atoms with Crippen LogP contribution in [0.15, 0.2) is 54.6 Å². The summed E-state index contributed by atoms with van der Waals surface area (Å²) in [6.45, 7) is 1.12. The number of aromatic nitrogens is 1. The minimum atomic E-state index is -0.266. The Morgan fingerprint density at radius 2 is 1.68 bits per heavy atom. The Balaban J connectivity index is 1.57. The van der Waals surface area contributed by atoms with E-state index in [1.165, 1.54) is 5.57 Å². The zero-order chi connectivity index (χ0) is 21.4. The van der Waals surface area contributed by atoms with E-state index in [4.69, 9.17) is 10.7 Å². The second-order valence-electron chi connectivity index (χ2n) is 8.38. The molecule has 1 aliphatic heterocycles. The van der Waals surface area contributed by atoms with Gasteiger partial charge >= 0.3 is 0 Å². The van der Waals surface area contributed by atoms with Gasteiger partial charge in [-0.3, -0.25) is 9.59 Å². The molecule has 1 fully saturated rings. The van der Waals surface area contributed by atoms with Crippen LogP contribution in [0.1, 0.15) is 46.4 Å². The van der Waals surface area contributed by atoms with Crippen molar-refractivity contribution in [1.82, 2.24) is 9.88 Å². The maximum Gasteiger partial charge on any atom is 0.254 e. The highest BCUT2D eigenvalue weighted by Gasteiger charge is 2.31. The number of carbonyl (C=O) groups is 2. The first-order valence-electron chi connectivity index (χ1n) is 10.9. The molecule has 0 spiro atoms. The summed E-state index contributed by atoms with van der Waals surface area (Å²) in [6, 6.07) is 18.1. The van der Waals surface area contributed by atoms with Crippen LogP contribution in [0, 0.1) is 5.92 Å². The van der Waals surface area contributed by atoms with Crippen molar-refractivity contribution in [1.29, 1.82) is 0 Å². The molecule has 1 aromatic heterocycles. The third-order valence-corrected chi connectivity index (χ3v) is 6.48. The number of hydrogen-bond donors (Lipinski definition) is 1. The molecule has 0 unspecified atom stereocenters. The van der Waals surface area contributed by atoms with Crippen LogP contribution in [-0.2, 0) is 11.2 Å². The van der Waals surface area contributed by atoms with Crippen LogP contribution in [0.3, 0.4) is 0 Å². The van der Waals surface area contributed by atoms with Crippen LogP contribution in [0.5, 0.6) is 0 Å². The Bertz CT molecular complexity index is 1190. The van der Waals surface area contributed by atoms with E-state index in [0.717, 1.165) is 46.1 Å². The smallest absolute Gasteiger partial charge is 0.254 e. The van der Waals surface area contributed by atoms with Gasteiger partial charge in [0.25, 0.3) is 5.91 Å². The fourth-order valence-corrected chi connectivity index (χ4v) is 4.80. The summed E-state index contributed by atoms with van der Waals surface area (Å²) >= 11 is 0. The average molecular weight is 412 g/mol. The van der Waals surface area contributed by atoms with Crippen LogP contribution in [0.25, 0.3) is 22.6 Å². The van der Waals surface area contributed by atoms with E-state index in [1.807, 2.05) is 47.4 Å². The van der Waals surface area contributed by atoms with Gasteiger partial charge in [0.15, 0.2) is 0 Å². The van der Waals surface area contributed by atoms with Gasteiger partial charge in [-0.05, 0) is 54.5 Å². The number of likely N-dealkylation sites (tertiary alicyclic amines) is 1. The van der Waals surface area contributed by atoms with Gasteiger partial charge in [-0.15, -0.1) is 0 Å². The van der Waals surface area contributed by atoms with Gasteiger partial charge in [0.05, 0.1) is 16.8 Å². The molecular weight excluding hydrogens is 386 g/mol. The van der Waals surface area contributed by atoms with E-state index in [-0.39, 0.29) is 17.7 Å². The first-order valence-corrected chi connectivity index (χ1v) is 10.9. The monoisotopic (exact) mass is 411 g/mol. The van der Waals surface area contributed by atoms with Crippen molar-refractivity contribution < 1.29 is 9.59 Å². The highest BCUT2D eigenvalue weighted by molar-refractivity contribution is 6.09. The van der Waals surface area contributed by atoms with Gasteiger partial charge in [0.2, 0.25) is 5.91 Å². The Morgan fingerprint density at radius 1 is 0.968 bits per heavy atom. The number of para-hydroxylation sites is 1. The van der Waals surface area contributed by atoms with E-state index in [9.17, 15) is 9.59 Å². The molecule has 2 aromatic carbocycles. The molecular formula is C26H25N3O2. The van der Waals surface area contributed by atoms with Crippen LogP contribution < -0.4 is 5.73 Å². The summed E-state index contributed by atoms with van der Waals surface area (Å²) in [5.74, 6) is -0.360. The summed E-state index contributed by atoms with van der Waals surface area (Å²) in [5, 5.41) is 0.907. The summed E-state index contributed by atoms with van der Waals surface area (Å²) in [7, 11) is 0. The van der Waals surface area contributed by atoms with Gasteiger partial charge in [0, 0.05) is 24.4 Å². The molecule has 0 saturated carbocycles. The van der Waals surface area contributed by atoms with Gasteiger partial charge in [-0.25, -0.2) is 4.98 Å². The van der Waals surface area contributed by atoms with Crippen LogP contribution in [0.2, 0.25) is 0 Å². The Labute approximate surface area is 181 Å². The second kappa shape index (κ2) is 7.99. The maximum atomic E-state index is 13.7. The molecule has 5 rings (SSSR count). The van der Waals surface area contributed by atoms with Crippen molar-refractivity contribution in [3.8, 4) is 0 Å². The highest BCUT2D eigenvalue weighted by atomic mass is 16.2. The van der Waals surface area contributed by atoms with E-state index < -0.39 is 0 Å². The minimum absolute atomic E-state index is 0.0405. The maximum absolute atomic E-state index is 13.7. The Hall–Kier alpha value is -3.47. The molecule has 2 aliphatic rings. The lowest BCUT2D eigenvalue weighted by atomic mass is 9.94. The van der Waals surface area contributed by atoms with E-state index in [2.05, 4.69) is 18.2 Å². The lowest BCUT2D eigenvalue weighted by Crippen LogP contribution is -2.42. The second-order valence-corrected chi connectivity index (χ2v) is 8.38. The molecule has 0 atom stereocenters. The average Bonchev–Trinajstić information content (AvgIpc) is 3.19. The zero-order valence-corrected chi connectivity index (χ0v) is 17.4. The van der Waals surface area contributed by atoms with Crippen LogP contribution >= 0.6 is 0 Å². The number of piperidine rings is 1. The van der Waals surface area contributed by atoms with Gasteiger partial charge < -0.3 is 10.6 Å². The summed E-state index contributed by atoms with van der Waals surface area (Å²) in [4.78, 5) is 32.0. The molecule has 5 nitrogen and oxygen atoms in total. The topological polar surface area (TPSA) is 76.3 Å². The number of hydrogen-bond acceptors (Lipinski definition) is 3. The number of nitrogens with two attached hydrogens (primary N) is 1. The standard InChI is InChI=1S/C26H25N3O2/c27-25(30)18-12-14-29(15-13-18)26(31)23-20-8-4-5-9-22(20)28-24-19(10-11-21(23)24)16-17-6-2-1-3-7-17/h1-9,16,18H,10-15H2,(H2,27,30)/b19-16+. The predicted octanol–water partition coefficient (Wildman–Crippen LogP) is 4.06. The Morgan fingerprint density at radius 3 is 2.42 bits per heavy atom. The van der Waals surface area contributed by atoms with Crippen molar-refractivity contribution in [3.05, 3.63) is 77.0 Å². The fraction of sp³-hybridized carbons (Fsp3) is 0.269. The van der Waals surface area contributed by atoms with Crippen molar-refractivity contribution in [2.75, 3.05) is 13.1 Å². The number of allylic oxidation sites excluding steroid dienone is 1. The highest BCUT2D eigenvalue weighted by Crippen LogP contribution is 2.38. The third kappa shape index (κ3) is 3.61. The number of amides is 2.